The maximum atomic E-state index is 12.6. The second-order valence-corrected chi connectivity index (χ2v) is 7.19. The van der Waals surface area contributed by atoms with Gasteiger partial charge in [0, 0.05) is 24.7 Å². The van der Waals surface area contributed by atoms with E-state index in [0.717, 1.165) is 5.56 Å². The van der Waals surface area contributed by atoms with E-state index in [0.29, 0.717) is 17.0 Å². The van der Waals surface area contributed by atoms with Crippen molar-refractivity contribution in [1.82, 2.24) is 9.46 Å². The number of aromatic nitrogens is 1. The van der Waals surface area contributed by atoms with E-state index in [4.69, 9.17) is 4.52 Å². The van der Waals surface area contributed by atoms with Gasteiger partial charge in [0.05, 0.1) is 10.6 Å². The van der Waals surface area contributed by atoms with E-state index in [1.807, 2.05) is 0 Å². The van der Waals surface area contributed by atoms with Gasteiger partial charge in [-0.15, -0.1) is 0 Å². The van der Waals surface area contributed by atoms with Crippen molar-refractivity contribution in [3.8, 4) is 0 Å². The molecular weight excluding hydrogens is 304 g/mol. The molecule has 0 N–H and O–H groups in total. The zero-order valence-electron chi connectivity index (χ0n) is 13.0. The first-order chi connectivity index (χ1) is 10.2. The molecule has 1 aromatic carbocycles. The highest BCUT2D eigenvalue weighted by Gasteiger charge is 2.23. The molecule has 0 saturated carbocycles. The van der Waals surface area contributed by atoms with Crippen LogP contribution in [0.5, 0.6) is 0 Å². The van der Waals surface area contributed by atoms with Gasteiger partial charge in [-0.2, -0.15) is 4.31 Å². The Morgan fingerprint density at radius 2 is 1.82 bits per heavy atom. The highest BCUT2D eigenvalue weighted by Crippen LogP contribution is 2.20. The smallest absolute Gasteiger partial charge is 0.243 e. The van der Waals surface area contributed by atoms with Crippen LogP contribution in [-0.2, 0) is 16.6 Å². The number of hydrogen-bond donors (Lipinski definition) is 0. The third-order valence-electron chi connectivity index (χ3n) is 3.53. The van der Waals surface area contributed by atoms with Crippen molar-refractivity contribution in [3.63, 3.8) is 0 Å². The number of benzene rings is 1. The molecule has 0 spiro atoms. The van der Waals surface area contributed by atoms with E-state index in [-0.39, 0.29) is 17.2 Å². The van der Waals surface area contributed by atoms with Gasteiger partial charge < -0.3 is 4.52 Å². The minimum atomic E-state index is -3.64. The van der Waals surface area contributed by atoms with Gasteiger partial charge in [0.15, 0.2) is 5.78 Å². The summed E-state index contributed by atoms with van der Waals surface area (Å²) in [5.41, 5.74) is 1.91. The molecular formula is C15H18N2O4S. The molecule has 0 amide bonds. The Morgan fingerprint density at radius 3 is 2.27 bits per heavy atom. The number of nitrogens with zero attached hydrogens (tertiary/aromatic N) is 2. The molecule has 0 aliphatic carbocycles. The van der Waals surface area contributed by atoms with Gasteiger partial charge in [0.25, 0.3) is 0 Å². The standard InChI is InChI=1S/C15H18N2O4S/c1-10-15(12(3)21-16-10)9-17(4)22(19,20)14-7-5-13(6-8-14)11(2)18/h5-8H,9H2,1-4H3. The van der Waals surface area contributed by atoms with Crippen molar-refractivity contribution in [3.05, 3.63) is 46.8 Å². The zero-order chi connectivity index (χ0) is 16.5. The Labute approximate surface area is 129 Å². The lowest BCUT2D eigenvalue weighted by Crippen LogP contribution is -2.27. The van der Waals surface area contributed by atoms with Gasteiger partial charge in [0.1, 0.15) is 5.76 Å². The SMILES string of the molecule is CC(=O)c1ccc(S(=O)(=O)N(C)Cc2c(C)noc2C)cc1. The molecule has 0 atom stereocenters. The Kier molecular flexibility index (Phi) is 4.48. The number of ketones is 1. The highest BCUT2D eigenvalue weighted by atomic mass is 32.2. The van der Waals surface area contributed by atoms with Gasteiger partial charge in [-0.3, -0.25) is 4.79 Å². The van der Waals surface area contributed by atoms with Crippen molar-refractivity contribution in [2.75, 3.05) is 7.05 Å². The molecule has 0 radical (unpaired) electrons. The van der Waals surface area contributed by atoms with Crippen LogP contribution in [0, 0.1) is 13.8 Å². The Morgan fingerprint density at radius 1 is 1.23 bits per heavy atom. The summed E-state index contributed by atoms with van der Waals surface area (Å²) in [4.78, 5) is 11.4. The fraction of sp³-hybridized carbons (Fsp3) is 0.333. The van der Waals surface area contributed by atoms with Crippen LogP contribution in [0.25, 0.3) is 0 Å². The summed E-state index contributed by atoms with van der Waals surface area (Å²) < 4.78 is 31.4. The molecule has 0 aliphatic rings. The van der Waals surface area contributed by atoms with Crippen LogP contribution in [-0.4, -0.2) is 30.7 Å². The number of aryl methyl sites for hydroxylation is 2. The van der Waals surface area contributed by atoms with Gasteiger partial charge in [-0.05, 0) is 32.9 Å². The summed E-state index contributed by atoms with van der Waals surface area (Å²) in [7, 11) is -2.14. The molecule has 6 nitrogen and oxygen atoms in total. The van der Waals surface area contributed by atoms with Crippen molar-refractivity contribution in [1.29, 1.82) is 0 Å². The van der Waals surface area contributed by atoms with Gasteiger partial charge in [-0.25, -0.2) is 8.42 Å². The van der Waals surface area contributed by atoms with Crippen LogP contribution >= 0.6 is 0 Å². The molecule has 2 aromatic rings. The monoisotopic (exact) mass is 322 g/mol. The lowest BCUT2D eigenvalue weighted by molar-refractivity contribution is 0.101. The summed E-state index contributed by atoms with van der Waals surface area (Å²) in [6.07, 6.45) is 0. The lowest BCUT2D eigenvalue weighted by Gasteiger charge is -2.17. The first kappa shape index (κ1) is 16.4. The third kappa shape index (κ3) is 3.10. The number of sulfonamides is 1. The van der Waals surface area contributed by atoms with E-state index in [9.17, 15) is 13.2 Å². The predicted molar refractivity (Wildman–Crippen MR) is 81.1 cm³/mol. The number of carbonyl (C=O) groups excluding carboxylic acids is 1. The molecule has 0 saturated heterocycles. The van der Waals surface area contributed by atoms with Crippen LogP contribution in [0.2, 0.25) is 0 Å². The minimum Gasteiger partial charge on any atom is -0.361 e. The lowest BCUT2D eigenvalue weighted by atomic mass is 10.2. The molecule has 118 valence electrons. The average Bonchev–Trinajstić information content (AvgIpc) is 2.79. The summed E-state index contributed by atoms with van der Waals surface area (Å²) in [5.74, 6) is 0.500. The maximum absolute atomic E-state index is 12.6. The maximum Gasteiger partial charge on any atom is 0.243 e. The number of Topliss-reactive ketones (excluding diaryl/α,β-unsaturated/α-hetero) is 1. The second-order valence-electron chi connectivity index (χ2n) is 5.14. The van der Waals surface area contributed by atoms with Gasteiger partial charge >= 0.3 is 0 Å². The fourth-order valence-corrected chi connectivity index (χ4v) is 3.22. The molecule has 0 fully saturated rings. The van der Waals surface area contributed by atoms with Crippen LogP contribution in [0.15, 0.2) is 33.7 Å². The van der Waals surface area contributed by atoms with Crippen LogP contribution in [0.1, 0.15) is 34.3 Å². The van der Waals surface area contributed by atoms with E-state index in [1.54, 1.807) is 13.8 Å². The predicted octanol–water partition coefficient (Wildman–Crippen LogP) is 2.31. The number of carbonyl (C=O) groups is 1. The molecule has 0 bridgehead atoms. The Hall–Kier alpha value is -1.99. The summed E-state index contributed by atoms with van der Waals surface area (Å²) >= 11 is 0. The van der Waals surface area contributed by atoms with Gasteiger partial charge in [0.2, 0.25) is 10.0 Å². The molecule has 1 heterocycles. The van der Waals surface area contributed by atoms with Crippen LogP contribution in [0.4, 0.5) is 0 Å². The second kappa shape index (κ2) is 6.02. The first-order valence-electron chi connectivity index (χ1n) is 6.72. The number of hydrogen-bond acceptors (Lipinski definition) is 5. The van der Waals surface area contributed by atoms with Crippen LogP contribution < -0.4 is 0 Å². The summed E-state index contributed by atoms with van der Waals surface area (Å²) in [6, 6.07) is 5.91. The largest absolute Gasteiger partial charge is 0.361 e. The summed E-state index contributed by atoms with van der Waals surface area (Å²) in [5, 5.41) is 3.82. The molecule has 7 heteroatoms. The topological polar surface area (TPSA) is 80.5 Å². The quantitative estimate of drug-likeness (QED) is 0.789. The molecule has 2 rings (SSSR count). The van der Waals surface area contributed by atoms with E-state index in [2.05, 4.69) is 5.16 Å². The Balaban J connectivity index is 2.27. The van der Waals surface area contributed by atoms with Crippen molar-refractivity contribution < 1.29 is 17.7 Å². The van der Waals surface area contributed by atoms with Crippen molar-refractivity contribution >= 4 is 15.8 Å². The van der Waals surface area contributed by atoms with E-state index >= 15 is 0 Å². The first-order valence-corrected chi connectivity index (χ1v) is 8.16. The molecule has 1 aromatic heterocycles. The average molecular weight is 322 g/mol. The highest BCUT2D eigenvalue weighted by molar-refractivity contribution is 7.89. The summed E-state index contributed by atoms with van der Waals surface area (Å²) in [6.45, 7) is 5.14. The van der Waals surface area contributed by atoms with E-state index in [1.165, 1.54) is 42.5 Å². The third-order valence-corrected chi connectivity index (χ3v) is 5.35. The van der Waals surface area contributed by atoms with Crippen LogP contribution in [0.3, 0.4) is 0 Å². The minimum absolute atomic E-state index is 0.104. The van der Waals surface area contributed by atoms with Gasteiger partial charge in [-0.1, -0.05) is 17.3 Å². The Bertz CT molecular complexity index is 772. The van der Waals surface area contributed by atoms with Crippen molar-refractivity contribution in [2.45, 2.75) is 32.2 Å². The zero-order valence-corrected chi connectivity index (χ0v) is 13.8. The molecule has 22 heavy (non-hydrogen) atoms. The fourth-order valence-electron chi connectivity index (χ4n) is 2.08. The van der Waals surface area contributed by atoms with Crippen molar-refractivity contribution in [2.24, 2.45) is 0 Å². The molecule has 0 unspecified atom stereocenters. The molecule has 0 aliphatic heterocycles. The van der Waals surface area contributed by atoms with E-state index < -0.39 is 10.0 Å². The normalized spacial score (nSPS) is 11.9. The number of rotatable bonds is 5.